The van der Waals surface area contributed by atoms with Crippen molar-refractivity contribution in [3.05, 3.63) is 47.9 Å². The summed E-state index contributed by atoms with van der Waals surface area (Å²) in [5, 5.41) is 0. The molecule has 0 atom stereocenters. The van der Waals surface area contributed by atoms with Gasteiger partial charge in [-0.1, -0.05) is 18.2 Å². The van der Waals surface area contributed by atoms with Crippen molar-refractivity contribution in [3.63, 3.8) is 0 Å². The standard InChI is InChI=1S/C21H28N6O/c1-17-22-19(16-20(23-17)26-10-8-24(2)9-11-26)21(28)27-14-12-25(13-15-27)18-6-4-3-5-7-18/h3-7,16H,8-15H2,1-2H3. The van der Waals surface area contributed by atoms with Gasteiger partial charge in [-0.15, -0.1) is 0 Å². The fraction of sp³-hybridized carbons (Fsp3) is 0.476. The van der Waals surface area contributed by atoms with E-state index in [4.69, 9.17) is 0 Å². The second kappa shape index (κ2) is 8.14. The maximum Gasteiger partial charge on any atom is 0.272 e. The minimum Gasteiger partial charge on any atom is -0.368 e. The van der Waals surface area contributed by atoms with Gasteiger partial charge in [0.15, 0.2) is 0 Å². The summed E-state index contributed by atoms with van der Waals surface area (Å²) < 4.78 is 0. The first-order chi connectivity index (χ1) is 13.6. The Morgan fingerprint density at radius 1 is 0.857 bits per heavy atom. The zero-order valence-corrected chi connectivity index (χ0v) is 16.7. The molecule has 2 saturated heterocycles. The van der Waals surface area contributed by atoms with Gasteiger partial charge in [0, 0.05) is 64.1 Å². The molecule has 4 rings (SSSR count). The summed E-state index contributed by atoms with van der Waals surface area (Å²) in [6.07, 6.45) is 0. The lowest BCUT2D eigenvalue weighted by atomic mass is 10.2. The van der Waals surface area contributed by atoms with Gasteiger partial charge in [0.2, 0.25) is 0 Å². The van der Waals surface area contributed by atoms with Crippen LogP contribution in [0.3, 0.4) is 0 Å². The average Bonchev–Trinajstić information content (AvgIpc) is 2.74. The number of rotatable bonds is 3. The van der Waals surface area contributed by atoms with Gasteiger partial charge < -0.3 is 19.6 Å². The van der Waals surface area contributed by atoms with Gasteiger partial charge in [-0.05, 0) is 26.1 Å². The lowest BCUT2D eigenvalue weighted by Crippen LogP contribution is -2.49. The molecule has 0 radical (unpaired) electrons. The molecule has 1 amide bonds. The van der Waals surface area contributed by atoms with E-state index in [0.717, 1.165) is 45.1 Å². The minimum absolute atomic E-state index is 0.00795. The highest BCUT2D eigenvalue weighted by Gasteiger charge is 2.25. The molecular weight excluding hydrogens is 352 g/mol. The Labute approximate surface area is 166 Å². The maximum atomic E-state index is 13.1. The number of amides is 1. The van der Waals surface area contributed by atoms with Gasteiger partial charge in [-0.25, -0.2) is 9.97 Å². The molecule has 2 aliphatic rings. The van der Waals surface area contributed by atoms with Crippen LogP contribution in [-0.2, 0) is 0 Å². The number of aromatic nitrogens is 2. The van der Waals surface area contributed by atoms with E-state index in [1.165, 1.54) is 5.69 Å². The van der Waals surface area contributed by atoms with Crippen molar-refractivity contribution >= 4 is 17.4 Å². The van der Waals surface area contributed by atoms with Gasteiger partial charge >= 0.3 is 0 Å². The third-order valence-electron chi connectivity index (χ3n) is 5.56. The van der Waals surface area contributed by atoms with E-state index in [0.29, 0.717) is 24.6 Å². The predicted molar refractivity (Wildman–Crippen MR) is 111 cm³/mol. The summed E-state index contributed by atoms with van der Waals surface area (Å²) in [7, 11) is 2.13. The molecule has 1 aromatic carbocycles. The van der Waals surface area contributed by atoms with E-state index in [1.807, 2.05) is 24.0 Å². The normalized spacial score (nSPS) is 18.4. The lowest BCUT2D eigenvalue weighted by Gasteiger charge is -2.36. The number of benzene rings is 1. The molecule has 0 bridgehead atoms. The van der Waals surface area contributed by atoms with Gasteiger partial charge in [0.25, 0.3) is 5.91 Å². The van der Waals surface area contributed by atoms with Crippen molar-refractivity contribution in [2.45, 2.75) is 6.92 Å². The molecule has 148 valence electrons. The van der Waals surface area contributed by atoms with Gasteiger partial charge in [0.1, 0.15) is 17.3 Å². The Morgan fingerprint density at radius 2 is 1.50 bits per heavy atom. The van der Waals surface area contributed by atoms with Crippen molar-refractivity contribution < 1.29 is 4.79 Å². The number of aryl methyl sites for hydroxylation is 1. The third-order valence-corrected chi connectivity index (χ3v) is 5.56. The van der Waals surface area contributed by atoms with Crippen molar-refractivity contribution in [2.24, 2.45) is 0 Å². The fourth-order valence-corrected chi connectivity index (χ4v) is 3.83. The van der Waals surface area contributed by atoms with Crippen LogP contribution in [-0.4, -0.2) is 85.1 Å². The molecule has 2 fully saturated rings. The number of hydrogen-bond acceptors (Lipinski definition) is 6. The van der Waals surface area contributed by atoms with E-state index >= 15 is 0 Å². The van der Waals surface area contributed by atoms with Crippen LogP contribution in [0, 0.1) is 6.92 Å². The summed E-state index contributed by atoms with van der Waals surface area (Å²) in [5.41, 5.74) is 1.72. The number of hydrogen-bond donors (Lipinski definition) is 0. The molecule has 0 saturated carbocycles. The number of piperazine rings is 2. The topological polar surface area (TPSA) is 55.8 Å². The minimum atomic E-state index is 0.00795. The Morgan fingerprint density at radius 3 is 2.18 bits per heavy atom. The van der Waals surface area contributed by atoms with Crippen molar-refractivity contribution in [1.82, 2.24) is 19.8 Å². The Kier molecular flexibility index (Phi) is 5.43. The van der Waals surface area contributed by atoms with Crippen LogP contribution in [0.2, 0.25) is 0 Å². The second-order valence-corrected chi connectivity index (χ2v) is 7.56. The summed E-state index contributed by atoms with van der Waals surface area (Å²) in [4.78, 5) is 30.9. The lowest BCUT2D eigenvalue weighted by molar-refractivity contribution is 0.0740. The summed E-state index contributed by atoms with van der Waals surface area (Å²) in [6, 6.07) is 12.2. The first-order valence-corrected chi connectivity index (χ1v) is 9.98. The molecule has 0 unspecified atom stereocenters. The first-order valence-electron chi connectivity index (χ1n) is 9.98. The highest BCUT2D eigenvalue weighted by molar-refractivity contribution is 5.93. The van der Waals surface area contributed by atoms with Gasteiger partial charge in [-0.3, -0.25) is 4.79 Å². The second-order valence-electron chi connectivity index (χ2n) is 7.56. The molecule has 2 aromatic rings. The van der Waals surface area contributed by atoms with Gasteiger partial charge in [0.05, 0.1) is 0 Å². The number of para-hydroxylation sites is 1. The highest BCUT2D eigenvalue weighted by Crippen LogP contribution is 2.19. The van der Waals surface area contributed by atoms with Gasteiger partial charge in [-0.2, -0.15) is 0 Å². The first kappa shape index (κ1) is 18.7. The molecular formula is C21H28N6O. The SMILES string of the molecule is Cc1nc(C(=O)N2CCN(c3ccccc3)CC2)cc(N2CCN(C)CC2)n1. The van der Waals surface area contributed by atoms with Crippen LogP contribution in [0.5, 0.6) is 0 Å². The molecule has 7 nitrogen and oxygen atoms in total. The smallest absolute Gasteiger partial charge is 0.272 e. The van der Waals surface area contributed by atoms with E-state index in [1.54, 1.807) is 0 Å². The molecule has 1 aromatic heterocycles. The summed E-state index contributed by atoms with van der Waals surface area (Å²) in [5.74, 6) is 1.53. The van der Waals surface area contributed by atoms with Crippen molar-refractivity contribution in [1.29, 1.82) is 0 Å². The molecule has 3 heterocycles. The van der Waals surface area contributed by atoms with Crippen LogP contribution in [0.15, 0.2) is 36.4 Å². The van der Waals surface area contributed by atoms with Crippen molar-refractivity contribution in [3.8, 4) is 0 Å². The largest absolute Gasteiger partial charge is 0.368 e. The van der Waals surface area contributed by atoms with Crippen LogP contribution in [0.25, 0.3) is 0 Å². The summed E-state index contributed by atoms with van der Waals surface area (Å²) >= 11 is 0. The van der Waals surface area contributed by atoms with E-state index in [9.17, 15) is 4.79 Å². The quantitative estimate of drug-likeness (QED) is 0.804. The van der Waals surface area contributed by atoms with Crippen molar-refractivity contribution in [2.75, 3.05) is 69.2 Å². The number of nitrogens with zero attached hydrogens (tertiary/aromatic N) is 6. The van der Waals surface area contributed by atoms with E-state index < -0.39 is 0 Å². The fourth-order valence-electron chi connectivity index (χ4n) is 3.83. The summed E-state index contributed by atoms with van der Waals surface area (Å²) in [6.45, 7) is 8.83. The monoisotopic (exact) mass is 380 g/mol. The Bertz CT molecular complexity index is 811. The highest BCUT2D eigenvalue weighted by atomic mass is 16.2. The number of likely N-dealkylation sites (N-methyl/N-ethyl adjacent to an activating group) is 1. The zero-order valence-electron chi connectivity index (χ0n) is 16.7. The molecule has 28 heavy (non-hydrogen) atoms. The predicted octanol–water partition coefficient (Wildman–Crippen LogP) is 1.50. The van der Waals surface area contributed by atoms with Crippen LogP contribution >= 0.6 is 0 Å². The van der Waals surface area contributed by atoms with E-state index in [-0.39, 0.29) is 5.91 Å². The van der Waals surface area contributed by atoms with Crippen LogP contribution < -0.4 is 9.80 Å². The average molecular weight is 380 g/mol. The molecule has 2 aliphatic heterocycles. The van der Waals surface area contributed by atoms with Crippen LogP contribution in [0.4, 0.5) is 11.5 Å². The van der Waals surface area contributed by atoms with Crippen LogP contribution in [0.1, 0.15) is 16.3 Å². The maximum absolute atomic E-state index is 13.1. The van der Waals surface area contributed by atoms with E-state index in [2.05, 4.69) is 56.0 Å². The molecule has 0 spiro atoms. The number of anilines is 2. The molecule has 0 aliphatic carbocycles. The zero-order chi connectivity index (χ0) is 19.5. The molecule has 7 heteroatoms. The third kappa shape index (κ3) is 4.09. The Hall–Kier alpha value is -2.67. The number of carbonyl (C=O) groups is 1. The number of carbonyl (C=O) groups excluding carboxylic acids is 1. The Balaban J connectivity index is 1.43. The molecule has 0 N–H and O–H groups in total.